The van der Waals surface area contributed by atoms with Crippen LogP contribution in [-0.2, 0) is 4.79 Å². The quantitative estimate of drug-likeness (QED) is 0.702. The number of rotatable bonds is 3. The van der Waals surface area contributed by atoms with Gasteiger partial charge < -0.3 is 5.32 Å². The highest BCUT2D eigenvalue weighted by Gasteiger charge is 2.29. The Morgan fingerprint density at radius 1 is 1.57 bits per heavy atom. The van der Waals surface area contributed by atoms with Gasteiger partial charge in [0, 0.05) is 32.1 Å². The maximum Gasteiger partial charge on any atom is 0.238 e. The van der Waals surface area contributed by atoms with Crippen molar-refractivity contribution in [2.45, 2.75) is 32.2 Å². The van der Waals surface area contributed by atoms with Gasteiger partial charge in [-0.05, 0) is 26.3 Å². The van der Waals surface area contributed by atoms with Gasteiger partial charge in [0.05, 0.1) is 0 Å². The van der Waals surface area contributed by atoms with Crippen molar-refractivity contribution in [3.05, 3.63) is 0 Å². The average Bonchev–Trinajstić information content (AvgIpc) is 2.77. The van der Waals surface area contributed by atoms with Crippen LogP contribution in [0.2, 0.25) is 0 Å². The smallest absolute Gasteiger partial charge is 0.238 e. The molecule has 1 atom stereocenters. The largest absolute Gasteiger partial charge is 0.313 e. The molecule has 2 aliphatic heterocycles. The first kappa shape index (κ1) is 9.93. The highest BCUT2D eigenvalue weighted by Crippen LogP contribution is 2.14. The van der Waals surface area contributed by atoms with Crippen LogP contribution in [0.1, 0.15) is 26.2 Å². The number of nitrogens with one attached hydrogen (secondary N) is 1. The van der Waals surface area contributed by atoms with Crippen LogP contribution in [0, 0.1) is 0 Å². The topological polar surface area (TPSA) is 35.6 Å². The van der Waals surface area contributed by atoms with Crippen LogP contribution >= 0.6 is 0 Å². The van der Waals surface area contributed by atoms with E-state index in [-0.39, 0.29) is 5.91 Å². The molecule has 0 aliphatic carbocycles. The highest BCUT2D eigenvalue weighted by atomic mass is 16.2. The molecule has 0 saturated carbocycles. The second-order valence-electron chi connectivity index (χ2n) is 4.07. The molecule has 0 aromatic carbocycles. The van der Waals surface area contributed by atoms with Crippen molar-refractivity contribution in [1.82, 2.24) is 15.3 Å². The van der Waals surface area contributed by atoms with Crippen LogP contribution in [0.4, 0.5) is 0 Å². The van der Waals surface area contributed by atoms with Crippen LogP contribution in [0.15, 0.2) is 0 Å². The number of hydrazine groups is 1. The Hall–Kier alpha value is -0.610. The molecule has 80 valence electrons. The maximum atomic E-state index is 11.5. The van der Waals surface area contributed by atoms with Gasteiger partial charge in [0.25, 0.3) is 0 Å². The van der Waals surface area contributed by atoms with Gasteiger partial charge in [0.2, 0.25) is 5.91 Å². The summed E-state index contributed by atoms with van der Waals surface area (Å²) in [4.78, 5) is 11.5. The Kier molecular flexibility index (Phi) is 3.03. The summed E-state index contributed by atoms with van der Waals surface area (Å²) in [5, 5.41) is 7.55. The summed E-state index contributed by atoms with van der Waals surface area (Å²) in [6.07, 6.45) is 3.22. The summed E-state index contributed by atoms with van der Waals surface area (Å²) in [6.45, 7) is 5.90. The molecule has 2 rings (SSSR count). The van der Waals surface area contributed by atoms with E-state index in [1.54, 1.807) is 0 Å². The van der Waals surface area contributed by atoms with E-state index < -0.39 is 0 Å². The summed E-state index contributed by atoms with van der Waals surface area (Å²) in [7, 11) is 0. The normalized spacial score (nSPS) is 29.1. The van der Waals surface area contributed by atoms with E-state index in [9.17, 15) is 4.79 Å². The van der Waals surface area contributed by atoms with Crippen LogP contribution < -0.4 is 5.32 Å². The van der Waals surface area contributed by atoms with Gasteiger partial charge in [-0.3, -0.25) is 9.80 Å². The van der Waals surface area contributed by atoms with Crippen LogP contribution in [0.3, 0.4) is 0 Å². The lowest BCUT2D eigenvalue weighted by Gasteiger charge is -2.29. The van der Waals surface area contributed by atoms with Crippen molar-refractivity contribution in [2.24, 2.45) is 0 Å². The van der Waals surface area contributed by atoms with Crippen molar-refractivity contribution >= 4 is 5.91 Å². The van der Waals surface area contributed by atoms with Gasteiger partial charge in [0.1, 0.15) is 0 Å². The average molecular weight is 197 g/mol. The van der Waals surface area contributed by atoms with E-state index in [0.717, 1.165) is 26.2 Å². The van der Waals surface area contributed by atoms with Crippen molar-refractivity contribution < 1.29 is 4.79 Å². The predicted molar refractivity (Wildman–Crippen MR) is 54.6 cm³/mol. The highest BCUT2D eigenvalue weighted by molar-refractivity contribution is 5.77. The SMILES string of the molecule is CCN1C(=O)CCN1CC1CCCN1. The Labute approximate surface area is 85.2 Å². The van der Waals surface area contributed by atoms with Crippen LogP contribution in [0.5, 0.6) is 0 Å². The predicted octanol–water partition coefficient (Wildman–Crippen LogP) is 0.208. The summed E-state index contributed by atoms with van der Waals surface area (Å²) in [5.41, 5.74) is 0. The third-order valence-electron chi connectivity index (χ3n) is 3.11. The number of carbonyl (C=O) groups excluding carboxylic acids is 1. The maximum absolute atomic E-state index is 11.5. The van der Waals surface area contributed by atoms with E-state index in [0.29, 0.717) is 12.5 Å². The molecule has 2 aliphatic rings. The minimum absolute atomic E-state index is 0.283. The monoisotopic (exact) mass is 197 g/mol. The lowest BCUT2D eigenvalue weighted by atomic mass is 10.2. The fourth-order valence-electron chi connectivity index (χ4n) is 2.37. The van der Waals surface area contributed by atoms with E-state index in [1.807, 2.05) is 11.9 Å². The van der Waals surface area contributed by atoms with Crippen molar-refractivity contribution in [3.8, 4) is 0 Å². The minimum atomic E-state index is 0.283. The zero-order valence-electron chi connectivity index (χ0n) is 8.83. The summed E-state index contributed by atoms with van der Waals surface area (Å²) >= 11 is 0. The lowest BCUT2D eigenvalue weighted by Crippen LogP contribution is -2.45. The Morgan fingerprint density at radius 2 is 2.43 bits per heavy atom. The Balaban J connectivity index is 1.87. The van der Waals surface area contributed by atoms with Gasteiger partial charge in [0.15, 0.2) is 0 Å². The molecule has 4 nitrogen and oxygen atoms in total. The number of carbonyl (C=O) groups is 1. The van der Waals surface area contributed by atoms with E-state index in [2.05, 4.69) is 10.3 Å². The molecule has 1 unspecified atom stereocenters. The van der Waals surface area contributed by atoms with Crippen molar-refractivity contribution in [2.75, 3.05) is 26.2 Å². The molecule has 0 radical (unpaired) electrons. The summed E-state index contributed by atoms with van der Waals surface area (Å²) < 4.78 is 0. The molecular weight excluding hydrogens is 178 g/mol. The number of hydrogen-bond donors (Lipinski definition) is 1. The van der Waals surface area contributed by atoms with Crippen molar-refractivity contribution in [1.29, 1.82) is 0 Å². The van der Waals surface area contributed by atoms with Gasteiger partial charge in [-0.2, -0.15) is 0 Å². The first-order valence-corrected chi connectivity index (χ1v) is 5.60. The van der Waals surface area contributed by atoms with Gasteiger partial charge in [-0.1, -0.05) is 0 Å². The molecule has 2 saturated heterocycles. The number of hydrogen-bond acceptors (Lipinski definition) is 3. The minimum Gasteiger partial charge on any atom is -0.313 e. The zero-order chi connectivity index (χ0) is 9.97. The van der Waals surface area contributed by atoms with E-state index in [1.165, 1.54) is 12.8 Å². The molecule has 14 heavy (non-hydrogen) atoms. The van der Waals surface area contributed by atoms with Gasteiger partial charge in [-0.15, -0.1) is 0 Å². The molecule has 2 heterocycles. The molecular formula is C10H19N3O. The molecule has 4 heteroatoms. The Bertz CT molecular complexity index is 213. The third kappa shape index (κ3) is 1.91. The van der Waals surface area contributed by atoms with E-state index in [4.69, 9.17) is 0 Å². The van der Waals surface area contributed by atoms with Crippen molar-refractivity contribution in [3.63, 3.8) is 0 Å². The zero-order valence-corrected chi connectivity index (χ0v) is 8.83. The lowest BCUT2D eigenvalue weighted by molar-refractivity contribution is -0.137. The van der Waals surface area contributed by atoms with E-state index >= 15 is 0 Å². The van der Waals surface area contributed by atoms with Gasteiger partial charge in [-0.25, -0.2) is 5.01 Å². The second kappa shape index (κ2) is 4.28. The van der Waals surface area contributed by atoms with Crippen LogP contribution in [0.25, 0.3) is 0 Å². The summed E-state index contributed by atoms with van der Waals surface area (Å²) in [5.74, 6) is 0.283. The molecule has 2 fully saturated rings. The standard InChI is InChI=1S/C10H19N3O/c1-2-13-10(14)5-7-12(13)8-9-4-3-6-11-9/h9,11H,2-8H2,1H3. The first-order valence-electron chi connectivity index (χ1n) is 5.60. The molecule has 0 bridgehead atoms. The fraction of sp³-hybridized carbons (Fsp3) is 0.900. The first-order chi connectivity index (χ1) is 6.81. The molecule has 0 aromatic rings. The molecule has 0 spiro atoms. The molecule has 1 amide bonds. The molecule has 1 N–H and O–H groups in total. The Morgan fingerprint density at radius 3 is 3.07 bits per heavy atom. The number of amides is 1. The third-order valence-corrected chi connectivity index (χ3v) is 3.11. The van der Waals surface area contributed by atoms with Crippen LogP contribution in [-0.4, -0.2) is 48.1 Å². The second-order valence-corrected chi connectivity index (χ2v) is 4.07. The summed E-state index contributed by atoms with van der Waals surface area (Å²) in [6, 6.07) is 0.593. The van der Waals surface area contributed by atoms with Gasteiger partial charge >= 0.3 is 0 Å². The number of nitrogens with zero attached hydrogens (tertiary/aromatic N) is 2. The fourth-order valence-corrected chi connectivity index (χ4v) is 2.37. The molecule has 0 aromatic heterocycles.